The molecule has 0 aliphatic carbocycles. The number of nitrogens with zero attached hydrogens (tertiary/aromatic N) is 1. The molecule has 24 heavy (non-hydrogen) atoms. The van der Waals surface area contributed by atoms with Crippen LogP contribution in [-0.4, -0.2) is 25.1 Å². The summed E-state index contributed by atoms with van der Waals surface area (Å²) in [6.07, 6.45) is 1.46. The fraction of sp³-hybridized carbons (Fsp3) is 0.118. The number of ether oxygens (including phenoxy) is 1. The van der Waals surface area contributed by atoms with E-state index in [-0.39, 0.29) is 6.54 Å². The predicted octanol–water partition coefficient (Wildman–Crippen LogP) is 2.22. The number of carbonyl (C=O) groups is 2. The third-order valence-corrected chi connectivity index (χ3v) is 3.54. The molecule has 0 aromatic heterocycles. The summed E-state index contributed by atoms with van der Waals surface area (Å²) in [5.41, 5.74) is 3.84. The second-order valence-electron chi connectivity index (χ2n) is 4.78. The van der Waals surface area contributed by atoms with E-state index in [0.29, 0.717) is 0 Å². The van der Waals surface area contributed by atoms with Crippen LogP contribution in [0.3, 0.4) is 0 Å². The van der Waals surface area contributed by atoms with Gasteiger partial charge in [0.15, 0.2) is 0 Å². The highest BCUT2D eigenvalue weighted by Crippen LogP contribution is 2.11. The Kier molecular flexibility index (Phi) is 6.51. The molecule has 0 heterocycles. The summed E-state index contributed by atoms with van der Waals surface area (Å²) in [4.78, 5) is 23.4. The van der Waals surface area contributed by atoms with Crippen LogP contribution in [0.5, 0.6) is 5.75 Å². The van der Waals surface area contributed by atoms with Gasteiger partial charge in [-0.3, -0.25) is 9.59 Å². The van der Waals surface area contributed by atoms with Crippen molar-refractivity contribution in [2.24, 2.45) is 5.10 Å². The SMILES string of the molecule is COc1ccc(CNC(=O)C(=O)N/N=C\c2cccc(Br)c2)cc1. The van der Waals surface area contributed by atoms with Crippen LogP contribution >= 0.6 is 15.9 Å². The van der Waals surface area contributed by atoms with E-state index < -0.39 is 11.8 Å². The number of methoxy groups -OCH3 is 1. The quantitative estimate of drug-likeness (QED) is 0.467. The number of hydrogen-bond donors (Lipinski definition) is 2. The largest absolute Gasteiger partial charge is 0.497 e. The lowest BCUT2D eigenvalue weighted by atomic mass is 10.2. The summed E-state index contributed by atoms with van der Waals surface area (Å²) >= 11 is 3.34. The van der Waals surface area contributed by atoms with Crippen molar-refractivity contribution in [3.8, 4) is 5.75 Å². The second kappa shape index (κ2) is 8.83. The molecule has 2 aromatic carbocycles. The minimum atomic E-state index is -0.824. The monoisotopic (exact) mass is 389 g/mol. The van der Waals surface area contributed by atoms with Crippen molar-refractivity contribution in [2.75, 3.05) is 7.11 Å². The standard InChI is InChI=1S/C17H16BrN3O3/c1-24-15-7-5-12(6-8-15)10-19-16(22)17(23)21-20-11-13-3-2-4-14(18)9-13/h2-9,11H,10H2,1H3,(H,19,22)(H,21,23)/b20-11-. The highest BCUT2D eigenvalue weighted by Gasteiger charge is 2.11. The van der Waals surface area contributed by atoms with Crippen LogP contribution in [0.4, 0.5) is 0 Å². The maximum atomic E-state index is 11.7. The van der Waals surface area contributed by atoms with E-state index in [9.17, 15) is 9.59 Å². The van der Waals surface area contributed by atoms with Crippen LogP contribution in [0.2, 0.25) is 0 Å². The smallest absolute Gasteiger partial charge is 0.329 e. The van der Waals surface area contributed by atoms with Crippen molar-refractivity contribution in [3.63, 3.8) is 0 Å². The molecular weight excluding hydrogens is 374 g/mol. The maximum Gasteiger partial charge on any atom is 0.329 e. The highest BCUT2D eigenvalue weighted by atomic mass is 79.9. The van der Waals surface area contributed by atoms with E-state index in [0.717, 1.165) is 21.3 Å². The molecule has 0 radical (unpaired) electrons. The molecule has 0 bridgehead atoms. The summed E-state index contributed by atoms with van der Waals surface area (Å²) in [6.45, 7) is 0.242. The van der Waals surface area contributed by atoms with E-state index in [4.69, 9.17) is 4.74 Å². The van der Waals surface area contributed by atoms with Crippen LogP contribution in [0.1, 0.15) is 11.1 Å². The molecule has 0 fully saturated rings. The summed E-state index contributed by atoms with van der Waals surface area (Å²) < 4.78 is 5.95. The van der Waals surface area contributed by atoms with Gasteiger partial charge in [0.25, 0.3) is 0 Å². The number of amides is 2. The molecule has 0 spiro atoms. The first-order valence-corrected chi connectivity index (χ1v) is 7.87. The topological polar surface area (TPSA) is 79.8 Å². The Morgan fingerprint density at radius 3 is 2.58 bits per heavy atom. The Balaban J connectivity index is 1.80. The summed E-state index contributed by atoms with van der Waals surface area (Å²) in [6, 6.07) is 14.6. The fourth-order valence-corrected chi connectivity index (χ4v) is 2.23. The third kappa shape index (κ3) is 5.51. The molecule has 124 valence electrons. The number of carbonyl (C=O) groups excluding carboxylic acids is 2. The van der Waals surface area contributed by atoms with Gasteiger partial charge in [-0.05, 0) is 35.4 Å². The highest BCUT2D eigenvalue weighted by molar-refractivity contribution is 9.10. The van der Waals surface area contributed by atoms with Crippen molar-refractivity contribution >= 4 is 34.0 Å². The second-order valence-corrected chi connectivity index (χ2v) is 5.70. The maximum absolute atomic E-state index is 11.7. The number of hydrazone groups is 1. The molecule has 2 amide bonds. The predicted molar refractivity (Wildman–Crippen MR) is 94.7 cm³/mol. The number of hydrogen-bond acceptors (Lipinski definition) is 4. The Hall–Kier alpha value is -2.67. The summed E-state index contributed by atoms with van der Waals surface area (Å²) in [7, 11) is 1.58. The average molecular weight is 390 g/mol. The summed E-state index contributed by atoms with van der Waals surface area (Å²) in [5.74, 6) is -0.850. The van der Waals surface area contributed by atoms with Gasteiger partial charge in [-0.15, -0.1) is 0 Å². The number of nitrogens with one attached hydrogen (secondary N) is 2. The molecule has 6 nitrogen and oxygen atoms in total. The van der Waals surface area contributed by atoms with Gasteiger partial charge in [0, 0.05) is 11.0 Å². The molecule has 2 rings (SSSR count). The first-order valence-electron chi connectivity index (χ1n) is 7.08. The lowest BCUT2D eigenvalue weighted by molar-refractivity contribution is -0.139. The van der Waals surface area contributed by atoms with Crippen LogP contribution in [0, 0.1) is 0 Å². The van der Waals surface area contributed by atoms with E-state index >= 15 is 0 Å². The Bertz CT molecular complexity index is 745. The van der Waals surface area contributed by atoms with E-state index in [2.05, 4.69) is 31.8 Å². The van der Waals surface area contributed by atoms with Gasteiger partial charge in [-0.2, -0.15) is 5.10 Å². The molecule has 0 saturated carbocycles. The lowest BCUT2D eigenvalue weighted by Crippen LogP contribution is -2.37. The molecule has 0 saturated heterocycles. The zero-order chi connectivity index (χ0) is 17.4. The Labute approximate surface area is 148 Å². The van der Waals surface area contributed by atoms with E-state index in [1.54, 1.807) is 19.2 Å². The van der Waals surface area contributed by atoms with Crippen molar-refractivity contribution in [3.05, 3.63) is 64.1 Å². The summed E-state index contributed by atoms with van der Waals surface area (Å²) in [5, 5.41) is 6.28. The van der Waals surface area contributed by atoms with Crippen molar-refractivity contribution in [1.29, 1.82) is 0 Å². The van der Waals surface area contributed by atoms with Crippen LogP contribution in [-0.2, 0) is 16.1 Å². The van der Waals surface area contributed by atoms with Crippen LogP contribution < -0.4 is 15.5 Å². The molecule has 7 heteroatoms. The van der Waals surface area contributed by atoms with Crippen LogP contribution in [0.15, 0.2) is 58.1 Å². The van der Waals surface area contributed by atoms with Gasteiger partial charge in [0.2, 0.25) is 0 Å². The van der Waals surface area contributed by atoms with Gasteiger partial charge in [0.05, 0.1) is 13.3 Å². The number of benzene rings is 2. The van der Waals surface area contributed by atoms with Gasteiger partial charge in [-0.25, -0.2) is 5.43 Å². The first-order chi connectivity index (χ1) is 11.6. The zero-order valence-electron chi connectivity index (χ0n) is 13.0. The first kappa shape index (κ1) is 17.7. The number of halogens is 1. The molecule has 0 unspecified atom stereocenters. The molecule has 2 aromatic rings. The molecule has 0 atom stereocenters. The minimum absolute atomic E-state index is 0.242. The van der Waals surface area contributed by atoms with Crippen molar-refractivity contribution in [2.45, 2.75) is 6.54 Å². The molecule has 2 N–H and O–H groups in total. The van der Waals surface area contributed by atoms with Gasteiger partial charge in [-0.1, -0.05) is 40.2 Å². The molecule has 0 aliphatic rings. The minimum Gasteiger partial charge on any atom is -0.497 e. The van der Waals surface area contributed by atoms with E-state index in [1.165, 1.54) is 6.21 Å². The molecule has 0 aliphatic heterocycles. The van der Waals surface area contributed by atoms with Crippen LogP contribution in [0.25, 0.3) is 0 Å². The van der Waals surface area contributed by atoms with E-state index in [1.807, 2.05) is 36.4 Å². The third-order valence-electron chi connectivity index (χ3n) is 3.05. The van der Waals surface area contributed by atoms with Gasteiger partial charge >= 0.3 is 11.8 Å². The lowest BCUT2D eigenvalue weighted by Gasteiger charge is -2.05. The molecular formula is C17H16BrN3O3. The number of rotatable bonds is 5. The Morgan fingerprint density at radius 2 is 1.92 bits per heavy atom. The fourth-order valence-electron chi connectivity index (χ4n) is 1.81. The zero-order valence-corrected chi connectivity index (χ0v) is 14.5. The van der Waals surface area contributed by atoms with Crippen molar-refractivity contribution < 1.29 is 14.3 Å². The average Bonchev–Trinajstić information content (AvgIpc) is 2.60. The van der Waals surface area contributed by atoms with Gasteiger partial charge < -0.3 is 10.1 Å². The van der Waals surface area contributed by atoms with Crippen molar-refractivity contribution in [1.82, 2.24) is 10.7 Å². The Morgan fingerprint density at radius 1 is 1.17 bits per heavy atom. The normalized spacial score (nSPS) is 10.4. The van der Waals surface area contributed by atoms with Gasteiger partial charge in [0.1, 0.15) is 5.75 Å².